The summed E-state index contributed by atoms with van der Waals surface area (Å²) in [7, 11) is -4.82. The minimum Gasteiger partial charge on any atom is -0.481 e. The van der Waals surface area contributed by atoms with Gasteiger partial charge >= 0.3 is 11.9 Å². The maximum atomic E-state index is 12.4. The second kappa shape index (κ2) is 8.98. The predicted molar refractivity (Wildman–Crippen MR) is 90.6 cm³/mol. The molecular formula is C17H28O7S. The topological polar surface area (TPSA) is 118 Å². The molecule has 2 saturated carbocycles. The lowest BCUT2D eigenvalue weighted by molar-refractivity contribution is -0.159. The third-order valence-electron chi connectivity index (χ3n) is 5.46. The van der Waals surface area contributed by atoms with Crippen LogP contribution in [0.25, 0.3) is 0 Å². The van der Waals surface area contributed by atoms with Crippen molar-refractivity contribution in [3.05, 3.63) is 0 Å². The molecule has 25 heavy (non-hydrogen) atoms. The van der Waals surface area contributed by atoms with Crippen LogP contribution in [0.2, 0.25) is 0 Å². The Kier molecular flexibility index (Phi) is 7.25. The van der Waals surface area contributed by atoms with Crippen LogP contribution >= 0.6 is 0 Å². The number of carboxylic acids is 1. The number of esters is 1. The molecule has 7 nitrogen and oxygen atoms in total. The summed E-state index contributed by atoms with van der Waals surface area (Å²) in [5.41, 5.74) is 0. The Morgan fingerprint density at radius 2 is 1.36 bits per heavy atom. The first kappa shape index (κ1) is 20.2. The summed E-state index contributed by atoms with van der Waals surface area (Å²) in [5, 5.41) is 6.79. The first-order chi connectivity index (χ1) is 11.8. The van der Waals surface area contributed by atoms with Crippen molar-refractivity contribution < 1.29 is 32.4 Å². The van der Waals surface area contributed by atoms with E-state index in [4.69, 9.17) is 9.84 Å². The van der Waals surface area contributed by atoms with Crippen LogP contribution in [0.1, 0.15) is 70.6 Å². The molecule has 0 aromatic carbocycles. The molecule has 0 aromatic heterocycles. The summed E-state index contributed by atoms with van der Waals surface area (Å²) < 4.78 is 37.7. The maximum Gasteiger partial charge on any atom is 0.327 e. The molecule has 1 unspecified atom stereocenters. The number of hydrogen-bond donors (Lipinski definition) is 2. The summed E-state index contributed by atoms with van der Waals surface area (Å²) in [6.07, 6.45) is 8.89. The van der Waals surface area contributed by atoms with E-state index < -0.39 is 33.7 Å². The average molecular weight is 376 g/mol. The zero-order valence-corrected chi connectivity index (χ0v) is 15.2. The molecule has 0 aromatic rings. The zero-order valence-electron chi connectivity index (χ0n) is 14.4. The summed E-state index contributed by atoms with van der Waals surface area (Å²) in [6, 6.07) is 0. The first-order valence-corrected chi connectivity index (χ1v) is 10.7. The smallest absolute Gasteiger partial charge is 0.327 e. The Balaban J connectivity index is 2.15. The molecule has 1 atom stereocenters. The van der Waals surface area contributed by atoms with Crippen LogP contribution in [-0.2, 0) is 24.4 Å². The van der Waals surface area contributed by atoms with Crippen molar-refractivity contribution in [1.29, 1.82) is 0 Å². The van der Waals surface area contributed by atoms with E-state index in [-0.39, 0.29) is 17.9 Å². The molecule has 144 valence electrons. The van der Waals surface area contributed by atoms with Gasteiger partial charge in [0.15, 0.2) is 5.25 Å². The van der Waals surface area contributed by atoms with E-state index >= 15 is 0 Å². The minimum atomic E-state index is -4.82. The normalized spacial score (nSPS) is 21.8. The molecule has 2 aliphatic carbocycles. The van der Waals surface area contributed by atoms with Gasteiger partial charge in [0.25, 0.3) is 10.1 Å². The highest BCUT2D eigenvalue weighted by atomic mass is 32.2. The van der Waals surface area contributed by atoms with E-state index in [0.717, 1.165) is 64.2 Å². The SMILES string of the molecule is O=C(O)CC(C(=O)OC(C1CCCCC1)C1CCCCC1)S(=O)(=O)O. The van der Waals surface area contributed by atoms with Crippen molar-refractivity contribution in [2.45, 2.75) is 82.0 Å². The van der Waals surface area contributed by atoms with Crippen LogP contribution in [0, 0.1) is 11.8 Å². The van der Waals surface area contributed by atoms with Crippen LogP contribution < -0.4 is 0 Å². The Morgan fingerprint density at radius 3 is 1.72 bits per heavy atom. The van der Waals surface area contributed by atoms with E-state index in [1.165, 1.54) is 0 Å². The number of rotatable bonds is 7. The summed E-state index contributed by atoms with van der Waals surface area (Å²) in [5.74, 6) is -2.22. The number of carbonyl (C=O) groups excluding carboxylic acids is 1. The second-order valence-electron chi connectivity index (χ2n) is 7.30. The largest absolute Gasteiger partial charge is 0.481 e. The second-order valence-corrected chi connectivity index (χ2v) is 8.90. The Morgan fingerprint density at radius 1 is 0.920 bits per heavy atom. The fraction of sp³-hybridized carbons (Fsp3) is 0.882. The van der Waals surface area contributed by atoms with Crippen molar-refractivity contribution in [2.24, 2.45) is 11.8 Å². The molecule has 0 saturated heterocycles. The van der Waals surface area contributed by atoms with Gasteiger partial charge in [-0.3, -0.25) is 14.1 Å². The van der Waals surface area contributed by atoms with Gasteiger partial charge in [0, 0.05) is 0 Å². The molecule has 8 heteroatoms. The molecule has 0 heterocycles. The van der Waals surface area contributed by atoms with Crippen LogP contribution in [0.15, 0.2) is 0 Å². The van der Waals surface area contributed by atoms with Crippen molar-refractivity contribution in [2.75, 3.05) is 0 Å². The van der Waals surface area contributed by atoms with E-state index in [0.29, 0.717) is 0 Å². The third-order valence-corrected chi connectivity index (χ3v) is 6.54. The van der Waals surface area contributed by atoms with Crippen molar-refractivity contribution in [3.8, 4) is 0 Å². The zero-order chi connectivity index (χ0) is 18.4. The lowest BCUT2D eigenvalue weighted by Crippen LogP contribution is -2.42. The van der Waals surface area contributed by atoms with Gasteiger partial charge in [-0.1, -0.05) is 38.5 Å². The Bertz CT molecular complexity index is 542. The number of carbonyl (C=O) groups is 2. The maximum absolute atomic E-state index is 12.4. The molecule has 0 bridgehead atoms. The van der Waals surface area contributed by atoms with Crippen molar-refractivity contribution >= 4 is 22.1 Å². The van der Waals surface area contributed by atoms with Gasteiger partial charge in [-0.15, -0.1) is 0 Å². The van der Waals surface area contributed by atoms with Crippen molar-refractivity contribution in [3.63, 3.8) is 0 Å². The number of hydrogen-bond acceptors (Lipinski definition) is 5. The lowest BCUT2D eigenvalue weighted by Gasteiger charge is -2.37. The highest BCUT2D eigenvalue weighted by Crippen LogP contribution is 2.37. The minimum absolute atomic E-state index is 0.188. The van der Waals surface area contributed by atoms with Gasteiger partial charge in [0.05, 0.1) is 6.42 Å². The van der Waals surface area contributed by atoms with Gasteiger partial charge in [-0.25, -0.2) is 0 Å². The molecule has 2 N–H and O–H groups in total. The van der Waals surface area contributed by atoms with E-state index in [1.54, 1.807) is 0 Å². The average Bonchev–Trinajstić information content (AvgIpc) is 2.58. The highest BCUT2D eigenvalue weighted by molar-refractivity contribution is 7.87. The number of ether oxygens (including phenoxy) is 1. The molecule has 2 rings (SSSR count). The highest BCUT2D eigenvalue weighted by Gasteiger charge is 2.40. The Labute approximate surface area is 148 Å². The lowest BCUT2D eigenvalue weighted by atomic mass is 9.75. The molecule has 2 fully saturated rings. The first-order valence-electron chi connectivity index (χ1n) is 9.17. The summed E-state index contributed by atoms with van der Waals surface area (Å²) in [4.78, 5) is 23.3. The predicted octanol–water partition coefficient (Wildman–Crippen LogP) is 2.79. The summed E-state index contributed by atoms with van der Waals surface area (Å²) >= 11 is 0. The van der Waals surface area contributed by atoms with E-state index in [9.17, 15) is 22.6 Å². The van der Waals surface area contributed by atoms with Gasteiger partial charge in [0.2, 0.25) is 0 Å². The molecule has 0 radical (unpaired) electrons. The molecular weight excluding hydrogens is 348 g/mol. The van der Waals surface area contributed by atoms with Crippen LogP contribution in [-0.4, -0.2) is 41.4 Å². The van der Waals surface area contributed by atoms with Crippen LogP contribution in [0.4, 0.5) is 0 Å². The molecule has 0 aliphatic heterocycles. The van der Waals surface area contributed by atoms with Crippen LogP contribution in [0.3, 0.4) is 0 Å². The third kappa shape index (κ3) is 5.95. The van der Waals surface area contributed by atoms with Gasteiger partial charge < -0.3 is 9.84 Å². The van der Waals surface area contributed by atoms with Gasteiger partial charge in [0.1, 0.15) is 6.10 Å². The molecule has 0 amide bonds. The fourth-order valence-electron chi connectivity index (χ4n) is 4.18. The fourth-order valence-corrected chi connectivity index (χ4v) is 4.83. The van der Waals surface area contributed by atoms with Gasteiger partial charge in [-0.05, 0) is 37.5 Å². The number of aliphatic carboxylic acids is 1. The van der Waals surface area contributed by atoms with E-state index in [1.807, 2.05) is 0 Å². The monoisotopic (exact) mass is 376 g/mol. The van der Waals surface area contributed by atoms with Gasteiger partial charge in [-0.2, -0.15) is 8.42 Å². The van der Waals surface area contributed by atoms with E-state index in [2.05, 4.69) is 0 Å². The number of carboxylic acid groups (broad SMARTS) is 1. The molecule has 0 spiro atoms. The summed E-state index contributed by atoms with van der Waals surface area (Å²) in [6.45, 7) is 0. The Hall–Kier alpha value is -1.15. The van der Waals surface area contributed by atoms with Crippen LogP contribution in [0.5, 0.6) is 0 Å². The molecule has 2 aliphatic rings. The van der Waals surface area contributed by atoms with Crippen molar-refractivity contribution in [1.82, 2.24) is 0 Å². The standard InChI is InChI=1S/C17H28O7S/c18-15(19)11-14(25(21,22)23)17(20)24-16(12-7-3-1-4-8-12)13-9-5-2-6-10-13/h12-14,16H,1-11H2,(H,18,19)(H,21,22,23). The quantitative estimate of drug-likeness (QED) is 0.518.